The average molecular weight is 626 g/mol. The number of nitriles is 1. The molecule has 1 aliphatic heterocycles. The van der Waals surface area contributed by atoms with Crippen molar-refractivity contribution in [3.8, 4) is 17.6 Å². The number of hydrogen-bond donors (Lipinski definition) is 1. The van der Waals surface area contributed by atoms with Crippen LogP contribution < -0.4 is 5.69 Å². The van der Waals surface area contributed by atoms with E-state index in [1.165, 1.54) is 66.3 Å². The number of benzene rings is 3. The van der Waals surface area contributed by atoms with Gasteiger partial charge in [0.2, 0.25) is 5.88 Å². The van der Waals surface area contributed by atoms with Gasteiger partial charge in [0.15, 0.2) is 0 Å². The highest BCUT2D eigenvalue weighted by atomic mass is 35.5. The number of carbonyl (C=O) groups excluding carboxylic acids is 1. The maximum atomic E-state index is 15.9. The summed E-state index contributed by atoms with van der Waals surface area (Å²) in [6, 6.07) is 15.1. The lowest BCUT2D eigenvalue weighted by Gasteiger charge is -2.38. The highest BCUT2D eigenvalue weighted by molar-refractivity contribution is 6.31. The largest absolute Gasteiger partial charge is 0.493 e. The summed E-state index contributed by atoms with van der Waals surface area (Å²) in [5.41, 5.74) is -3.28. The van der Waals surface area contributed by atoms with E-state index in [1.807, 2.05) is 20.8 Å². The first kappa shape index (κ1) is 30.3. The Hall–Kier alpha value is -4.13. The van der Waals surface area contributed by atoms with Crippen molar-refractivity contribution in [2.75, 3.05) is 7.11 Å². The fourth-order valence-corrected chi connectivity index (χ4v) is 6.50. The first-order valence-electron chi connectivity index (χ1n) is 13.3. The molecular weight excluding hydrogens is 599 g/mol. The molecule has 2 heterocycles. The van der Waals surface area contributed by atoms with E-state index in [4.69, 9.17) is 27.9 Å². The van der Waals surface area contributed by atoms with Crippen LogP contribution >= 0.6 is 23.2 Å². The van der Waals surface area contributed by atoms with Gasteiger partial charge in [-0.25, -0.2) is 22.9 Å². The van der Waals surface area contributed by atoms with Crippen LogP contribution in [0.4, 0.5) is 8.78 Å². The first-order chi connectivity index (χ1) is 20.3. The minimum atomic E-state index is -1.92. The Morgan fingerprint density at radius 1 is 1.12 bits per heavy atom. The molecule has 0 saturated carbocycles. The van der Waals surface area contributed by atoms with Crippen LogP contribution in [0.25, 0.3) is 5.69 Å². The number of hydrogen-bond acceptors (Lipinski definition) is 5. The highest BCUT2D eigenvalue weighted by Gasteiger charge is 2.61. The minimum Gasteiger partial charge on any atom is -0.493 e. The lowest BCUT2D eigenvalue weighted by Crippen LogP contribution is -2.41. The van der Waals surface area contributed by atoms with Gasteiger partial charge in [0.1, 0.15) is 17.0 Å². The normalized spacial score (nSPS) is 19.6. The van der Waals surface area contributed by atoms with Gasteiger partial charge in [-0.1, -0.05) is 68.2 Å². The van der Waals surface area contributed by atoms with E-state index in [-0.39, 0.29) is 44.5 Å². The van der Waals surface area contributed by atoms with Gasteiger partial charge in [-0.15, -0.1) is 0 Å². The lowest BCUT2D eigenvalue weighted by atomic mass is 9.63. The van der Waals surface area contributed by atoms with E-state index in [1.54, 1.807) is 0 Å². The van der Waals surface area contributed by atoms with Crippen molar-refractivity contribution < 1.29 is 23.4 Å². The number of imidazole rings is 1. The molecule has 0 spiro atoms. The molecule has 0 fully saturated rings. The summed E-state index contributed by atoms with van der Waals surface area (Å²) >= 11 is 12.3. The predicted octanol–water partition coefficient (Wildman–Crippen LogP) is 7.30. The second-order valence-electron chi connectivity index (χ2n) is 11.7. The van der Waals surface area contributed by atoms with E-state index >= 15 is 8.78 Å². The summed E-state index contributed by atoms with van der Waals surface area (Å²) in [5.74, 6) is -4.35. The molecule has 0 bridgehead atoms. The molecule has 1 N–H and O–H groups in total. The van der Waals surface area contributed by atoms with Crippen LogP contribution in [0.1, 0.15) is 66.3 Å². The summed E-state index contributed by atoms with van der Waals surface area (Å²) in [6.07, 6.45) is 0.153. The highest BCUT2D eigenvalue weighted by Crippen LogP contribution is 2.60. The molecule has 1 aromatic heterocycles. The summed E-state index contributed by atoms with van der Waals surface area (Å²) in [7, 11) is 1.21. The van der Waals surface area contributed by atoms with Crippen molar-refractivity contribution in [3.63, 3.8) is 0 Å². The third-order valence-electron chi connectivity index (χ3n) is 7.85. The van der Waals surface area contributed by atoms with Crippen molar-refractivity contribution in [1.29, 1.82) is 5.26 Å². The van der Waals surface area contributed by atoms with Crippen LogP contribution in [0.2, 0.25) is 10.0 Å². The van der Waals surface area contributed by atoms with Crippen LogP contribution in [0, 0.1) is 28.4 Å². The summed E-state index contributed by atoms with van der Waals surface area (Å²) in [6.45, 7) is 5.67. The smallest absolute Gasteiger partial charge is 0.337 e. The molecule has 0 amide bonds. The Labute approximate surface area is 256 Å². The molecule has 3 atom stereocenters. The Morgan fingerprint density at radius 3 is 2.44 bits per heavy atom. The van der Waals surface area contributed by atoms with Crippen LogP contribution in [-0.2, 0) is 10.2 Å². The number of carbonyl (C=O) groups is 1. The zero-order valence-electron chi connectivity index (χ0n) is 23.7. The Balaban J connectivity index is 1.93. The topological polar surface area (TPSA) is 97.2 Å². The monoisotopic (exact) mass is 625 g/mol. The number of esters is 1. The van der Waals surface area contributed by atoms with Crippen molar-refractivity contribution in [3.05, 3.63) is 115 Å². The molecule has 11 heteroatoms. The number of halogens is 4. The molecule has 4 aromatic rings. The molecule has 3 aromatic carbocycles. The Kier molecular flexibility index (Phi) is 7.66. The maximum Gasteiger partial charge on any atom is 0.337 e. The number of ether oxygens (including phenoxy) is 1. The third kappa shape index (κ3) is 4.79. The SMILES string of the molecule is COC(=O)c1cccc(-n2c(O)c3n(c2=O)[C@@H](CC(C)(C)C)[C@](C#N)(c2ccc(Cl)cc2F)[C@H]3c2cccc(Cl)c2F)c1. The number of methoxy groups -OCH3 is 1. The van der Waals surface area contributed by atoms with Gasteiger partial charge in [-0.3, -0.25) is 4.57 Å². The summed E-state index contributed by atoms with van der Waals surface area (Å²) in [5, 5.41) is 22.7. The van der Waals surface area contributed by atoms with Crippen LogP contribution in [-0.4, -0.2) is 27.3 Å². The standard InChI is InChI=1S/C32H27Cl2F2N3O4/c1-31(2,3)15-24-32(16-37,21-12-11-18(33)14-23(21)35)25(20-9-6-10-22(34)26(20)36)27-28(40)38(30(42)39(24)27)19-8-5-7-17(13-19)29(41)43-4/h5-14,24-25,40H,15H2,1-4H3/t24-,25-,32-/m0/s1. The molecule has 7 nitrogen and oxygen atoms in total. The molecule has 1 aliphatic rings. The molecule has 222 valence electrons. The van der Waals surface area contributed by atoms with E-state index in [0.29, 0.717) is 0 Å². The quantitative estimate of drug-likeness (QED) is 0.235. The maximum absolute atomic E-state index is 15.9. The number of aromatic nitrogens is 2. The zero-order valence-corrected chi connectivity index (χ0v) is 25.2. The van der Waals surface area contributed by atoms with E-state index in [0.717, 1.165) is 10.6 Å². The zero-order chi connectivity index (χ0) is 31.4. The molecule has 0 radical (unpaired) electrons. The third-order valence-corrected chi connectivity index (χ3v) is 8.38. The van der Waals surface area contributed by atoms with Crippen molar-refractivity contribution >= 4 is 29.2 Å². The second-order valence-corrected chi connectivity index (χ2v) is 12.5. The van der Waals surface area contributed by atoms with E-state index < -0.39 is 52.0 Å². The predicted molar refractivity (Wildman–Crippen MR) is 158 cm³/mol. The Morgan fingerprint density at radius 2 is 1.81 bits per heavy atom. The van der Waals surface area contributed by atoms with Crippen LogP contribution in [0.3, 0.4) is 0 Å². The van der Waals surface area contributed by atoms with Gasteiger partial charge >= 0.3 is 11.7 Å². The molecule has 0 saturated heterocycles. The molecule has 0 aliphatic carbocycles. The fourth-order valence-electron chi connectivity index (χ4n) is 6.15. The number of fused-ring (bicyclic) bond motifs is 1. The van der Waals surface area contributed by atoms with Crippen LogP contribution in [0.15, 0.2) is 65.5 Å². The second kappa shape index (κ2) is 10.9. The molecular formula is C32H27Cl2F2N3O4. The number of rotatable bonds is 5. The lowest BCUT2D eigenvalue weighted by molar-refractivity contribution is 0.0600. The molecule has 43 heavy (non-hydrogen) atoms. The minimum absolute atomic E-state index is 0.0838. The van der Waals surface area contributed by atoms with Gasteiger partial charge in [0, 0.05) is 16.1 Å². The van der Waals surface area contributed by atoms with Gasteiger partial charge in [0.05, 0.1) is 47.1 Å². The van der Waals surface area contributed by atoms with Gasteiger partial charge in [-0.2, -0.15) is 5.26 Å². The fraction of sp³-hybridized carbons (Fsp3) is 0.281. The average Bonchev–Trinajstić information content (AvgIpc) is 3.37. The molecule has 0 unspecified atom stereocenters. The Bertz CT molecular complexity index is 1870. The van der Waals surface area contributed by atoms with Crippen molar-refractivity contribution in [2.24, 2.45) is 5.41 Å². The van der Waals surface area contributed by atoms with Crippen molar-refractivity contribution in [1.82, 2.24) is 9.13 Å². The summed E-state index contributed by atoms with van der Waals surface area (Å²) < 4.78 is 38.8. The number of aromatic hydroxyl groups is 1. The van der Waals surface area contributed by atoms with E-state index in [9.17, 15) is 20.0 Å². The summed E-state index contributed by atoms with van der Waals surface area (Å²) in [4.78, 5) is 26.6. The first-order valence-corrected chi connectivity index (χ1v) is 14.1. The van der Waals surface area contributed by atoms with Gasteiger partial charge in [0.25, 0.3) is 0 Å². The molecule has 5 rings (SSSR count). The number of nitrogens with zero attached hydrogens (tertiary/aromatic N) is 3. The van der Waals surface area contributed by atoms with Gasteiger partial charge in [-0.05, 0) is 48.2 Å². The van der Waals surface area contributed by atoms with Gasteiger partial charge < -0.3 is 9.84 Å². The van der Waals surface area contributed by atoms with Crippen LogP contribution in [0.5, 0.6) is 5.88 Å². The van der Waals surface area contributed by atoms with Crippen molar-refractivity contribution in [2.45, 2.75) is 44.6 Å². The van der Waals surface area contributed by atoms with E-state index in [2.05, 4.69) is 6.07 Å².